The molecule has 1 aromatic carbocycles. The maximum Gasteiger partial charge on any atom is 0.253 e. The van der Waals surface area contributed by atoms with Gasteiger partial charge in [-0.3, -0.25) is 9.59 Å². The molecule has 2 atom stereocenters. The van der Waals surface area contributed by atoms with E-state index in [1.807, 2.05) is 24.3 Å². The molecule has 3 fully saturated rings. The standard InChI is InChI=1S/C19H25N3O3/c23-17-8-7-15(18(21-17)13-5-6-13)20-19(24)14-3-1-2-4-16(14)22-9-11-25-12-10-22/h1-4,13,15,18H,5-12H2,(H,20,24)(H,21,23)/t15-,18+/m1/s1. The average Bonchev–Trinajstić information content (AvgIpc) is 3.49. The van der Waals surface area contributed by atoms with Gasteiger partial charge in [-0.05, 0) is 37.3 Å². The molecular formula is C19H25N3O3. The van der Waals surface area contributed by atoms with E-state index in [0.29, 0.717) is 31.1 Å². The Bertz CT molecular complexity index is 653. The van der Waals surface area contributed by atoms with Gasteiger partial charge in [0.1, 0.15) is 0 Å². The second-order valence-corrected chi connectivity index (χ2v) is 7.17. The highest BCUT2D eigenvalue weighted by molar-refractivity contribution is 6.00. The molecule has 134 valence electrons. The van der Waals surface area contributed by atoms with E-state index in [-0.39, 0.29) is 23.9 Å². The Balaban J connectivity index is 1.50. The average molecular weight is 343 g/mol. The number of hydrogen-bond acceptors (Lipinski definition) is 4. The zero-order valence-electron chi connectivity index (χ0n) is 14.4. The first-order chi connectivity index (χ1) is 12.2. The summed E-state index contributed by atoms with van der Waals surface area (Å²) in [6.07, 6.45) is 3.49. The van der Waals surface area contributed by atoms with E-state index in [2.05, 4.69) is 15.5 Å². The number of anilines is 1. The van der Waals surface area contributed by atoms with Gasteiger partial charge in [0.2, 0.25) is 5.91 Å². The van der Waals surface area contributed by atoms with Gasteiger partial charge in [0.05, 0.1) is 30.9 Å². The fourth-order valence-corrected chi connectivity index (χ4v) is 3.88. The van der Waals surface area contributed by atoms with E-state index in [1.54, 1.807) is 0 Å². The zero-order chi connectivity index (χ0) is 17.2. The van der Waals surface area contributed by atoms with E-state index >= 15 is 0 Å². The van der Waals surface area contributed by atoms with Gasteiger partial charge < -0.3 is 20.3 Å². The van der Waals surface area contributed by atoms with Crippen LogP contribution < -0.4 is 15.5 Å². The molecule has 0 radical (unpaired) electrons. The summed E-state index contributed by atoms with van der Waals surface area (Å²) in [6.45, 7) is 2.98. The summed E-state index contributed by atoms with van der Waals surface area (Å²) >= 11 is 0. The maximum absolute atomic E-state index is 13.0. The number of ether oxygens (including phenoxy) is 1. The van der Waals surface area contributed by atoms with Crippen molar-refractivity contribution in [3.8, 4) is 0 Å². The summed E-state index contributed by atoms with van der Waals surface area (Å²) in [5, 5.41) is 6.28. The van der Waals surface area contributed by atoms with Crippen molar-refractivity contribution in [3.05, 3.63) is 29.8 Å². The van der Waals surface area contributed by atoms with Crippen molar-refractivity contribution < 1.29 is 14.3 Å². The molecule has 2 heterocycles. The van der Waals surface area contributed by atoms with Crippen LogP contribution in [0.4, 0.5) is 5.69 Å². The Hall–Kier alpha value is -2.08. The van der Waals surface area contributed by atoms with Crippen LogP contribution >= 0.6 is 0 Å². The van der Waals surface area contributed by atoms with Crippen molar-refractivity contribution in [1.29, 1.82) is 0 Å². The zero-order valence-corrected chi connectivity index (χ0v) is 14.4. The van der Waals surface area contributed by atoms with Crippen molar-refractivity contribution >= 4 is 17.5 Å². The lowest BCUT2D eigenvalue weighted by atomic mass is 9.93. The van der Waals surface area contributed by atoms with Crippen molar-refractivity contribution in [2.75, 3.05) is 31.2 Å². The molecule has 6 nitrogen and oxygen atoms in total. The first kappa shape index (κ1) is 16.4. The van der Waals surface area contributed by atoms with Crippen LogP contribution in [0.3, 0.4) is 0 Å². The minimum atomic E-state index is -0.0473. The number of hydrogen-bond donors (Lipinski definition) is 2. The maximum atomic E-state index is 13.0. The molecule has 1 saturated carbocycles. The second-order valence-electron chi connectivity index (χ2n) is 7.17. The molecule has 2 aliphatic heterocycles. The molecule has 0 aromatic heterocycles. The Labute approximate surface area is 147 Å². The number of benzene rings is 1. The number of rotatable bonds is 4. The summed E-state index contributed by atoms with van der Waals surface area (Å²) in [4.78, 5) is 26.9. The number of nitrogens with one attached hydrogen (secondary N) is 2. The molecule has 2 amide bonds. The van der Waals surface area contributed by atoms with Gasteiger partial charge in [0, 0.05) is 25.2 Å². The summed E-state index contributed by atoms with van der Waals surface area (Å²) in [7, 11) is 0. The first-order valence-corrected chi connectivity index (χ1v) is 9.24. The molecule has 2 N–H and O–H groups in total. The van der Waals surface area contributed by atoms with Crippen molar-refractivity contribution in [1.82, 2.24) is 10.6 Å². The summed E-state index contributed by atoms with van der Waals surface area (Å²) in [6, 6.07) is 7.86. The molecular weight excluding hydrogens is 318 g/mol. The Morgan fingerprint density at radius 2 is 1.92 bits per heavy atom. The molecule has 0 unspecified atom stereocenters. The third kappa shape index (κ3) is 3.63. The predicted octanol–water partition coefficient (Wildman–Crippen LogP) is 1.31. The molecule has 4 rings (SSSR count). The quantitative estimate of drug-likeness (QED) is 0.865. The molecule has 1 aromatic rings. The van der Waals surface area contributed by atoms with Crippen LogP contribution in [0, 0.1) is 5.92 Å². The topological polar surface area (TPSA) is 70.7 Å². The van der Waals surface area contributed by atoms with Gasteiger partial charge in [0.25, 0.3) is 5.91 Å². The lowest BCUT2D eigenvalue weighted by molar-refractivity contribution is -0.124. The number of piperidine rings is 1. The number of morpholine rings is 1. The molecule has 25 heavy (non-hydrogen) atoms. The minimum absolute atomic E-state index is 0.0236. The van der Waals surface area contributed by atoms with Gasteiger partial charge in [0.15, 0.2) is 0 Å². The predicted molar refractivity (Wildman–Crippen MR) is 94.6 cm³/mol. The number of para-hydroxylation sites is 1. The Morgan fingerprint density at radius 1 is 1.16 bits per heavy atom. The summed E-state index contributed by atoms with van der Waals surface area (Å²) in [5.41, 5.74) is 1.67. The van der Waals surface area contributed by atoms with Gasteiger partial charge in [-0.15, -0.1) is 0 Å². The van der Waals surface area contributed by atoms with Gasteiger partial charge in [-0.2, -0.15) is 0 Å². The van der Waals surface area contributed by atoms with Crippen LogP contribution in [-0.4, -0.2) is 50.2 Å². The monoisotopic (exact) mass is 343 g/mol. The molecule has 6 heteroatoms. The fraction of sp³-hybridized carbons (Fsp3) is 0.579. The summed E-state index contributed by atoms with van der Waals surface area (Å²) in [5.74, 6) is 0.578. The van der Waals surface area contributed by atoms with Gasteiger partial charge in [-0.25, -0.2) is 0 Å². The van der Waals surface area contributed by atoms with Crippen LogP contribution in [0.5, 0.6) is 0 Å². The molecule has 2 saturated heterocycles. The smallest absolute Gasteiger partial charge is 0.253 e. The third-order valence-electron chi connectivity index (χ3n) is 5.39. The number of nitrogens with zero attached hydrogens (tertiary/aromatic N) is 1. The van der Waals surface area contributed by atoms with E-state index in [1.165, 1.54) is 0 Å². The Kier molecular flexibility index (Phi) is 4.61. The second kappa shape index (κ2) is 7.04. The van der Waals surface area contributed by atoms with Crippen LogP contribution in [0.15, 0.2) is 24.3 Å². The molecule has 1 aliphatic carbocycles. The molecule has 0 bridgehead atoms. The summed E-state index contributed by atoms with van der Waals surface area (Å²) < 4.78 is 5.42. The van der Waals surface area contributed by atoms with E-state index in [0.717, 1.165) is 38.0 Å². The van der Waals surface area contributed by atoms with Crippen LogP contribution in [-0.2, 0) is 9.53 Å². The fourth-order valence-electron chi connectivity index (χ4n) is 3.88. The normalized spacial score (nSPS) is 26.9. The van der Waals surface area contributed by atoms with E-state index in [9.17, 15) is 9.59 Å². The van der Waals surface area contributed by atoms with Crippen molar-refractivity contribution in [2.45, 2.75) is 37.8 Å². The molecule has 3 aliphatic rings. The molecule has 0 spiro atoms. The van der Waals surface area contributed by atoms with E-state index in [4.69, 9.17) is 4.74 Å². The van der Waals surface area contributed by atoms with Crippen LogP contribution in [0.25, 0.3) is 0 Å². The van der Waals surface area contributed by atoms with Crippen LogP contribution in [0.1, 0.15) is 36.0 Å². The van der Waals surface area contributed by atoms with E-state index < -0.39 is 0 Å². The number of carbonyl (C=O) groups is 2. The highest BCUT2D eigenvalue weighted by Crippen LogP contribution is 2.36. The lowest BCUT2D eigenvalue weighted by Gasteiger charge is -2.34. The van der Waals surface area contributed by atoms with Gasteiger partial charge in [-0.1, -0.05) is 12.1 Å². The van der Waals surface area contributed by atoms with Crippen LogP contribution in [0.2, 0.25) is 0 Å². The first-order valence-electron chi connectivity index (χ1n) is 9.24. The highest BCUT2D eigenvalue weighted by atomic mass is 16.5. The van der Waals surface area contributed by atoms with Crippen molar-refractivity contribution in [3.63, 3.8) is 0 Å². The number of carbonyl (C=O) groups excluding carboxylic acids is 2. The lowest BCUT2D eigenvalue weighted by Crippen LogP contribution is -2.56. The van der Waals surface area contributed by atoms with Crippen molar-refractivity contribution in [2.24, 2.45) is 5.92 Å². The minimum Gasteiger partial charge on any atom is -0.378 e. The largest absolute Gasteiger partial charge is 0.378 e. The van der Waals surface area contributed by atoms with Gasteiger partial charge >= 0.3 is 0 Å². The third-order valence-corrected chi connectivity index (χ3v) is 5.39. The highest BCUT2D eigenvalue weighted by Gasteiger charge is 2.40. The SMILES string of the molecule is O=C1CC[C@@H](NC(=O)c2ccccc2N2CCOCC2)[C@H](C2CC2)N1. The Morgan fingerprint density at radius 3 is 2.68 bits per heavy atom. The number of amides is 2.